The SMILES string of the molecule is CC(=O)c1ccc(Oc2cc([N+](=O)[O-])ccc2Br)cc1Br. The Morgan fingerprint density at radius 3 is 2.43 bits per heavy atom. The summed E-state index contributed by atoms with van der Waals surface area (Å²) >= 11 is 6.58. The van der Waals surface area contributed by atoms with Crippen molar-refractivity contribution in [3.8, 4) is 11.5 Å². The molecule has 0 bridgehead atoms. The lowest BCUT2D eigenvalue weighted by atomic mass is 10.1. The highest BCUT2D eigenvalue weighted by Gasteiger charge is 2.12. The van der Waals surface area contributed by atoms with Gasteiger partial charge in [0.05, 0.1) is 15.5 Å². The van der Waals surface area contributed by atoms with E-state index in [1.54, 1.807) is 24.3 Å². The molecular weight excluding hydrogens is 406 g/mol. The number of benzene rings is 2. The maximum Gasteiger partial charge on any atom is 0.273 e. The average molecular weight is 415 g/mol. The molecule has 0 heterocycles. The molecule has 21 heavy (non-hydrogen) atoms. The quantitative estimate of drug-likeness (QED) is 0.395. The predicted molar refractivity (Wildman–Crippen MR) is 85.0 cm³/mol. The normalized spacial score (nSPS) is 10.2. The molecule has 0 radical (unpaired) electrons. The molecule has 0 saturated carbocycles. The van der Waals surface area contributed by atoms with Crippen molar-refractivity contribution < 1.29 is 14.5 Å². The van der Waals surface area contributed by atoms with Crippen LogP contribution in [-0.4, -0.2) is 10.7 Å². The first-order valence-electron chi connectivity index (χ1n) is 5.81. The van der Waals surface area contributed by atoms with Crippen molar-refractivity contribution in [1.82, 2.24) is 0 Å². The van der Waals surface area contributed by atoms with Crippen LogP contribution in [0.15, 0.2) is 45.3 Å². The third-order valence-corrected chi connectivity index (χ3v) is 3.98. The molecule has 2 aromatic rings. The molecule has 108 valence electrons. The van der Waals surface area contributed by atoms with Crippen LogP contribution in [0.1, 0.15) is 17.3 Å². The van der Waals surface area contributed by atoms with Crippen molar-refractivity contribution in [3.05, 3.63) is 61.0 Å². The largest absolute Gasteiger partial charge is 0.456 e. The number of hydrogen-bond donors (Lipinski definition) is 0. The second-order valence-corrected chi connectivity index (χ2v) is 5.88. The number of ketones is 1. The molecule has 0 unspecified atom stereocenters. The van der Waals surface area contributed by atoms with Gasteiger partial charge in [0.15, 0.2) is 5.78 Å². The van der Waals surface area contributed by atoms with Gasteiger partial charge < -0.3 is 4.74 Å². The summed E-state index contributed by atoms with van der Waals surface area (Å²) in [7, 11) is 0. The lowest BCUT2D eigenvalue weighted by Gasteiger charge is -2.09. The number of ether oxygens (including phenoxy) is 1. The van der Waals surface area contributed by atoms with Gasteiger partial charge in [-0.25, -0.2) is 0 Å². The van der Waals surface area contributed by atoms with Gasteiger partial charge >= 0.3 is 0 Å². The molecule has 0 spiro atoms. The minimum absolute atomic E-state index is 0.0624. The summed E-state index contributed by atoms with van der Waals surface area (Å²) < 4.78 is 6.83. The zero-order valence-corrected chi connectivity index (χ0v) is 14.0. The Morgan fingerprint density at radius 2 is 1.86 bits per heavy atom. The molecule has 2 aromatic carbocycles. The monoisotopic (exact) mass is 413 g/mol. The number of rotatable bonds is 4. The Morgan fingerprint density at radius 1 is 1.14 bits per heavy atom. The number of carbonyl (C=O) groups excluding carboxylic acids is 1. The zero-order chi connectivity index (χ0) is 15.6. The van der Waals surface area contributed by atoms with E-state index in [0.717, 1.165) is 0 Å². The van der Waals surface area contributed by atoms with Crippen LogP contribution in [0.5, 0.6) is 11.5 Å². The van der Waals surface area contributed by atoms with E-state index in [1.807, 2.05) is 0 Å². The van der Waals surface area contributed by atoms with Crippen molar-refractivity contribution in [1.29, 1.82) is 0 Å². The highest BCUT2D eigenvalue weighted by Crippen LogP contribution is 2.34. The lowest BCUT2D eigenvalue weighted by Crippen LogP contribution is -1.95. The summed E-state index contributed by atoms with van der Waals surface area (Å²) in [6.45, 7) is 1.47. The van der Waals surface area contributed by atoms with Gasteiger partial charge in [-0.1, -0.05) is 0 Å². The average Bonchev–Trinajstić information content (AvgIpc) is 2.40. The summed E-state index contributed by atoms with van der Waals surface area (Å²) in [5, 5.41) is 10.8. The Hall–Kier alpha value is -1.73. The minimum atomic E-state index is -0.492. The fourth-order valence-corrected chi connectivity index (χ4v) is 2.62. The Labute approximate surface area is 137 Å². The number of non-ortho nitro benzene ring substituents is 1. The summed E-state index contributed by atoms with van der Waals surface area (Å²) in [6.07, 6.45) is 0. The highest BCUT2D eigenvalue weighted by molar-refractivity contribution is 9.10. The van der Waals surface area contributed by atoms with Crippen LogP contribution < -0.4 is 4.74 Å². The fourth-order valence-electron chi connectivity index (χ4n) is 1.66. The zero-order valence-electron chi connectivity index (χ0n) is 10.8. The molecule has 0 atom stereocenters. The second kappa shape index (κ2) is 6.36. The van der Waals surface area contributed by atoms with Crippen molar-refractivity contribution in [2.24, 2.45) is 0 Å². The molecule has 0 amide bonds. The molecule has 7 heteroatoms. The molecule has 0 aliphatic heterocycles. The Balaban J connectivity index is 2.34. The Bertz CT molecular complexity index is 731. The summed E-state index contributed by atoms with van der Waals surface area (Å²) in [6, 6.07) is 9.16. The van der Waals surface area contributed by atoms with E-state index in [4.69, 9.17) is 4.74 Å². The van der Waals surface area contributed by atoms with Crippen molar-refractivity contribution in [3.63, 3.8) is 0 Å². The molecule has 5 nitrogen and oxygen atoms in total. The molecule has 0 saturated heterocycles. The number of nitro benzene ring substituents is 1. The second-order valence-electron chi connectivity index (χ2n) is 4.17. The van der Waals surface area contributed by atoms with E-state index >= 15 is 0 Å². The first-order valence-corrected chi connectivity index (χ1v) is 7.39. The van der Waals surface area contributed by atoms with Crippen LogP contribution in [0.2, 0.25) is 0 Å². The van der Waals surface area contributed by atoms with Crippen LogP contribution in [0.3, 0.4) is 0 Å². The number of halogens is 2. The van der Waals surface area contributed by atoms with E-state index in [-0.39, 0.29) is 11.5 Å². The van der Waals surface area contributed by atoms with Crippen LogP contribution in [0, 0.1) is 10.1 Å². The van der Waals surface area contributed by atoms with Crippen LogP contribution >= 0.6 is 31.9 Å². The standard InChI is InChI=1S/C14H9Br2NO4/c1-8(18)11-4-3-10(7-13(11)16)21-14-6-9(17(19)20)2-5-12(14)15/h2-7H,1H3. The number of carbonyl (C=O) groups is 1. The molecule has 2 rings (SSSR count). The Kier molecular flexibility index (Phi) is 4.74. The van der Waals surface area contributed by atoms with Gasteiger partial charge in [0.25, 0.3) is 5.69 Å². The first-order chi connectivity index (χ1) is 9.88. The van der Waals surface area contributed by atoms with Crippen molar-refractivity contribution in [2.75, 3.05) is 0 Å². The first kappa shape index (κ1) is 15.7. The van der Waals surface area contributed by atoms with Crippen LogP contribution in [0.25, 0.3) is 0 Å². The maximum atomic E-state index is 11.4. The molecule has 0 N–H and O–H groups in total. The van der Waals surface area contributed by atoms with Gasteiger partial charge in [-0.05, 0) is 63.0 Å². The van der Waals surface area contributed by atoms with Crippen LogP contribution in [0.4, 0.5) is 5.69 Å². The third kappa shape index (κ3) is 3.68. The van der Waals surface area contributed by atoms with Crippen LogP contribution in [-0.2, 0) is 0 Å². The number of nitrogens with zero attached hydrogens (tertiary/aromatic N) is 1. The van der Waals surface area contributed by atoms with E-state index < -0.39 is 4.92 Å². The van der Waals surface area contributed by atoms with E-state index in [9.17, 15) is 14.9 Å². The van der Waals surface area contributed by atoms with E-state index in [2.05, 4.69) is 31.9 Å². The van der Waals surface area contributed by atoms with Gasteiger partial charge in [-0.3, -0.25) is 14.9 Å². The maximum absolute atomic E-state index is 11.4. The highest BCUT2D eigenvalue weighted by atomic mass is 79.9. The molecule has 0 aliphatic carbocycles. The predicted octanol–water partition coefficient (Wildman–Crippen LogP) is 5.11. The topological polar surface area (TPSA) is 69.4 Å². The molecule has 0 aromatic heterocycles. The smallest absolute Gasteiger partial charge is 0.273 e. The van der Waals surface area contributed by atoms with Gasteiger partial charge in [-0.15, -0.1) is 0 Å². The number of nitro groups is 1. The molecule has 0 fully saturated rings. The van der Waals surface area contributed by atoms with E-state index in [0.29, 0.717) is 26.0 Å². The minimum Gasteiger partial charge on any atom is -0.456 e. The lowest BCUT2D eigenvalue weighted by molar-refractivity contribution is -0.384. The molecule has 0 aliphatic rings. The summed E-state index contributed by atoms with van der Waals surface area (Å²) in [5.41, 5.74) is 0.480. The van der Waals surface area contributed by atoms with Gasteiger partial charge in [0, 0.05) is 16.1 Å². The summed E-state index contributed by atoms with van der Waals surface area (Å²) in [5.74, 6) is 0.727. The van der Waals surface area contributed by atoms with E-state index in [1.165, 1.54) is 19.1 Å². The molecular formula is C14H9Br2NO4. The van der Waals surface area contributed by atoms with Crippen molar-refractivity contribution in [2.45, 2.75) is 6.92 Å². The van der Waals surface area contributed by atoms with Gasteiger partial charge in [0.1, 0.15) is 11.5 Å². The van der Waals surface area contributed by atoms with Gasteiger partial charge in [0.2, 0.25) is 0 Å². The summed E-state index contributed by atoms with van der Waals surface area (Å²) in [4.78, 5) is 21.6. The number of Topliss-reactive ketones (excluding diaryl/α,β-unsaturated/α-hetero) is 1. The third-order valence-electron chi connectivity index (χ3n) is 2.67. The van der Waals surface area contributed by atoms with Crippen molar-refractivity contribution >= 4 is 43.3 Å². The number of hydrogen-bond acceptors (Lipinski definition) is 4. The fraction of sp³-hybridized carbons (Fsp3) is 0.0714. The van der Waals surface area contributed by atoms with Gasteiger partial charge in [-0.2, -0.15) is 0 Å².